The van der Waals surface area contributed by atoms with Crippen LogP contribution in [0.4, 0.5) is 13.2 Å². The maximum atomic E-state index is 13.9. The van der Waals surface area contributed by atoms with Gasteiger partial charge in [-0.3, -0.25) is 0 Å². The summed E-state index contributed by atoms with van der Waals surface area (Å²) in [5.41, 5.74) is -2.26. The van der Waals surface area contributed by atoms with Crippen molar-refractivity contribution in [3.8, 4) is 0 Å². The number of allylic oxidation sites excluding steroid dienone is 1. The van der Waals surface area contributed by atoms with Gasteiger partial charge in [0.05, 0.1) is 16.2 Å². The van der Waals surface area contributed by atoms with Gasteiger partial charge >= 0.3 is 6.18 Å². The van der Waals surface area contributed by atoms with Crippen molar-refractivity contribution in [2.75, 3.05) is 0 Å². The number of aliphatic hydroxyl groups is 2. The molecule has 1 unspecified atom stereocenters. The van der Waals surface area contributed by atoms with Crippen LogP contribution in [0.15, 0.2) is 46.9 Å². The first-order valence-electron chi connectivity index (χ1n) is 15.0. The summed E-state index contributed by atoms with van der Waals surface area (Å²) >= 11 is 0. The molecule has 4 nitrogen and oxygen atoms in total. The van der Waals surface area contributed by atoms with Crippen LogP contribution in [-0.2, 0) is 9.84 Å². The lowest BCUT2D eigenvalue weighted by Gasteiger charge is -2.59. The topological polar surface area (TPSA) is 74.6 Å². The average molecular weight is 583 g/mol. The molecule has 0 aromatic heterocycles. The normalized spacial score (nSPS) is 40.3. The molecule has 0 amide bonds. The number of hydrogen-bond acceptors (Lipinski definition) is 4. The lowest BCUT2D eigenvalue weighted by atomic mass is 9.46. The summed E-state index contributed by atoms with van der Waals surface area (Å²) in [6.45, 7) is 8.15. The fourth-order valence-electron chi connectivity index (χ4n) is 9.80. The zero-order valence-electron chi connectivity index (χ0n) is 24.1. The standard InChI is InChI=1S/C32H45F3O4S/c1-20(36)18-28(40(38,39)23-8-6-5-7-9-23)21(2)25-12-13-26-24-11-10-22-19-31(37,32(33,34)35)17-16-29(22,3)27(24)14-15-30(25,26)4/h5-10,20-21,24-28,36-37H,11-19H2,1-4H3/t20-,21+,24-,25-,26-,27-,28?,29-,30+,31-/m0/s1. The largest absolute Gasteiger partial charge is 0.417 e. The van der Waals surface area contributed by atoms with E-state index in [4.69, 9.17) is 0 Å². The van der Waals surface area contributed by atoms with Gasteiger partial charge in [-0.15, -0.1) is 0 Å². The van der Waals surface area contributed by atoms with E-state index in [0.29, 0.717) is 23.2 Å². The molecular weight excluding hydrogens is 537 g/mol. The van der Waals surface area contributed by atoms with E-state index in [1.807, 2.05) is 6.08 Å². The Morgan fingerprint density at radius 1 is 1.00 bits per heavy atom. The Hall–Kier alpha value is -1.38. The number of aliphatic hydroxyl groups excluding tert-OH is 1. The van der Waals surface area contributed by atoms with Crippen molar-refractivity contribution in [2.45, 2.75) is 114 Å². The molecule has 10 atom stereocenters. The highest BCUT2D eigenvalue weighted by molar-refractivity contribution is 7.92. The molecule has 224 valence electrons. The molecule has 4 aliphatic carbocycles. The summed E-state index contributed by atoms with van der Waals surface area (Å²) in [5.74, 6) is 1.04. The van der Waals surface area contributed by atoms with E-state index in [1.54, 1.807) is 37.3 Å². The van der Waals surface area contributed by atoms with Crippen LogP contribution in [0, 0.1) is 40.4 Å². The van der Waals surface area contributed by atoms with Crippen LogP contribution in [0.2, 0.25) is 0 Å². The van der Waals surface area contributed by atoms with Gasteiger partial charge < -0.3 is 10.2 Å². The van der Waals surface area contributed by atoms with Gasteiger partial charge in [-0.25, -0.2) is 8.42 Å². The lowest BCUT2D eigenvalue weighted by Crippen LogP contribution is -2.56. The smallest absolute Gasteiger partial charge is 0.393 e. The minimum Gasteiger partial charge on any atom is -0.393 e. The highest BCUT2D eigenvalue weighted by Crippen LogP contribution is 2.68. The molecule has 0 radical (unpaired) electrons. The zero-order chi connectivity index (χ0) is 29.3. The van der Waals surface area contributed by atoms with Gasteiger partial charge in [-0.1, -0.05) is 50.6 Å². The van der Waals surface area contributed by atoms with Gasteiger partial charge in [0.2, 0.25) is 0 Å². The minimum absolute atomic E-state index is 0.0627. The van der Waals surface area contributed by atoms with Crippen LogP contribution in [-0.4, -0.2) is 41.8 Å². The highest BCUT2D eigenvalue weighted by atomic mass is 32.2. The number of fused-ring (bicyclic) bond motifs is 5. The third-order valence-corrected chi connectivity index (χ3v) is 14.4. The summed E-state index contributed by atoms with van der Waals surface area (Å²) in [6, 6.07) is 8.54. The summed E-state index contributed by atoms with van der Waals surface area (Å²) in [6.07, 6.45) is 1.06. The lowest BCUT2D eigenvalue weighted by molar-refractivity contribution is -0.271. The molecule has 4 aliphatic rings. The molecule has 0 spiro atoms. The van der Waals surface area contributed by atoms with Crippen LogP contribution in [0.1, 0.15) is 85.5 Å². The number of sulfone groups is 1. The van der Waals surface area contributed by atoms with Crippen molar-refractivity contribution >= 4 is 9.84 Å². The first kappa shape index (κ1) is 30.1. The van der Waals surface area contributed by atoms with Gasteiger partial charge in [-0.2, -0.15) is 13.2 Å². The van der Waals surface area contributed by atoms with Crippen molar-refractivity contribution in [2.24, 2.45) is 40.4 Å². The van der Waals surface area contributed by atoms with Crippen molar-refractivity contribution < 1.29 is 31.8 Å². The first-order valence-corrected chi connectivity index (χ1v) is 16.5. The van der Waals surface area contributed by atoms with Crippen LogP contribution in [0.5, 0.6) is 0 Å². The Morgan fingerprint density at radius 2 is 1.68 bits per heavy atom. The van der Waals surface area contributed by atoms with Crippen molar-refractivity contribution in [3.05, 3.63) is 42.0 Å². The van der Waals surface area contributed by atoms with Crippen LogP contribution in [0.25, 0.3) is 0 Å². The maximum Gasteiger partial charge on any atom is 0.417 e. The third kappa shape index (κ3) is 4.68. The van der Waals surface area contributed by atoms with Crippen LogP contribution in [0.3, 0.4) is 0 Å². The zero-order valence-corrected chi connectivity index (χ0v) is 24.9. The summed E-state index contributed by atoms with van der Waals surface area (Å²) in [7, 11) is -3.65. The Balaban J connectivity index is 1.42. The van der Waals surface area contributed by atoms with Gasteiger partial charge in [-0.05, 0) is 111 Å². The highest BCUT2D eigenvalue weighted by Gasteiger charge is 2.64. The Morgan fingerprint density at radius 3 is 2.30 bits per heavy atom. The quantitative estimate of drug-likeness (QED) is 0.351. The van der Waals surface area contributed by atoms with E-state index in [1.165, 1.54) is 0 Å². The number of halogens is 3. The fourth-order valence-corrected chi connectivity index (χ4v) is 12.0. The molecule has 2 N–H and O–H groups in total. The summed E-state index contributed by atoms with van der Waals surface area (Å²) in [5, 5.41) is 20.1. The fraction of sp³-hybridized carbons (Fsp3) is 0.750. The molecule has 3 saturated carbocycles. The third-order valence-electron chi connectivity index (χ3n) is 12.0. The Kier molecular flexibility index (Phi) is 7.61. The van der Waals surface area contributed by atoms with Gasteiger partial charge in [0.15, 0.2) is 15.4 Å². The molecule has 8 heteroatoms. The molecule has 0 aliphatic heterocycles. The number of rotatable bonds is 6. The Bertz CT molecular complexity index is 1230. The number of hydrogen-bond donors (Lipinski definition) is 2. The second-order valence-corrected chi connectivity index (χ2v) is 16.2. The van der Waals surface area contributed by atoms with Gasteiger partial charge in [0.1, 0.15) is 0 Å². The number of benzene rings is 1. The number of alkyl halides is 3. The van der Waals surface area contributed by atoms with E-state index in [2.05, 4.69) is 20.8 Å². The monoisotopic (exact) mass is 582 g/mol. The van der Waals surface area contributed by atoms with Crippen molar-refractivity contribution in [1.29, 1.82) is 0 Å². The summed E-state index contributed by atoms with van der Waals surface area (Å²) in [4.78, 5) is 0.296. The first-order chi connectivity index (χ1) is 18.5. The van der Waals surface area contributed by atoms with E-state index in [0.717, 1.165) is 37.7 Å². The van der Waals surface area contributed by atoms with Gasteiger partial charge in [0, 0.05) is 6.42 Å². The Labute approximate surface area is 237 Å². The molecule has 5 rings (SSSR count). The second kappa shape index (κ2) is 10.1. The maximum absolute atomic E-state index is 13.9. The second-order valence-electron chi connectivity index (χ2n) is 14.0. The van der Waals surface area contributed by atoms with E-state index in [-0.39, 0.29) is 47.8 Å². The van der Waals surface area contributed by atoms with E-state index in [9.17, 15) is 31.8 Å². The molecular formula is C32H45F3O4S. The minimum atomic E-state index is -4.63. The average Bonchev–Trinajstić information content (AvgIpc) is 3.24. The molecule has 40 heavy (non-hydrogen) atoms. The van der Waals surface area contributed by atoms with E-state index < -0.39 is 33.0 Å². The summed E-state index contributed by atoms with van der Waals surface area (Å²) < 4.78 is 68.8. The van der Waals surface area contributed by atoms with E-state index >= 15 is 0 Å². The molecule has 1 aromatic carbocycles. The molecule has 1 aromatic rings. The SMILES string of the molecule is C[C@H](O)CC([C@H](C)[C@@H]1CC[C@H]2[C@@H]3CC=C4C[C@](O)(C(F)(F)F)CC[C@]4(C)[C@H]3CC[C@@]21C)S(=O)(=O)c1ccccc1. The molecule has 0 bridgehead atoms. The molecule has 3 fully saturated rings. The van der Waals surface area contributed by atoms with Crippen molar-refractivity contribution in [1.82, 2.24) is 0 Å². The predicted octanol–water partition coefficient (Wildman–Crippen LogP) is 7.11. The predicted molar refractivity (Wildman–Crippen MR) is 149 cm³/mol. The van der Waals surface area contributed by atoms with Crippen molar-refractivity contribution in [3.63, 3.8) is 0 Å². The van der Waals surface area contributed by atoms with Gasteiger partial charge in [0.25, 0.3) is 0 Å². The molecule has 0 heterocycles. The molecule has 0 saturated heterocycles. The van der Waals surface area contributed by atoms with Crippen LogP contribution < -0.4 is 0 Å². The van der Waals surface area contributed by atoms with Crippen LogP contribution >= 0.6 is 0 Å².